The molecule has 1 aliphatic rings. The smallest absolute Gasteiger partial charge is 0.270 e. The van der Waals surface area contributed by atoms with Crippen molar-refractivity contribution >= 4 is 27.5 Å². The number of non-ortho nitro benzene ring substituents is 1. The van der Waals surface area contributed by atoms with Gasteiger partial charge in [-0.05, 0) is 24.5 Å². The quantitative estimate of drug-likeness (QED) is 0.451. The molecule has 2 rings (SSSR count). The number of nitro groups is 1. The van der Waals surface area contributed by atoms with E-state index in [-0.39, 0.29) is 17.5 Å². The zero-order valence-electron chi connectivity index (χ0n) is 10.9. The number of nitrogens with one attached hydrogen (secondary N) is 2. The number of rotatable bonds is 7. The van der Waals surface area contributed by atoms with Gasteiger partial charge < -0.3 is 10.6 Å². The molecule has 0 saturated heterocycles. The second kappa shape index (κ2) is 6.81. The molecule has 7 heteroatoms. The summed E-state index contributed by atoms with van der Waals surface area (Å²) in [5, 5.41) is 16.7. The fourth-order valence-electron chi connectivity index (χ4n) is 1.78. The maximum Gasteiger partial charge on any atom is 0.270 e. The Kier molecular flexibility index (Phi) is 5.08. The Hall–Kier alpha value is -1.47. The summed E-state index contributed by atoms with van der Waals surface area (Å²) >= 11 is 3.32. The molecule has 1 amide bonds. The van der Waals surface area contributed by atoms with Crippen LogP contribution < -0.4 is 10.6 Å². The Bertz CT molecular complexity index is 518. The van der Waals surface area contributed by atoms with Crippen molar-refractivity contribution in [3.63, 3.8) is 0 Å². The van der Waals surface area contributed by atoms with Crippen molar-refractivity contribution in [3.05, 3.63) is 38.3 Å². The maximum atomic E-state index is 11.4. The van der Waals surface area contributed by atoms with E-state index in [1.807, 2.05) is 0 Å². The third kappa shape index (κ3) is 4.28. The Morgan fingerprint density at radius 3 is 2.75 bits per heavy atom. The van der Waals surface area contributed by atoms with Gasteiger partial charge in [0.2, 0.25) is 5.91 Å². The van der Waals surface area contributed by atoms with E-state index in [2.05, 4.69) is 26.6 Å². The third-order valence-electron chi connectivity index (χ3n) is 3.11. The van der Waals surface area contributed by atoms with E-state index >= 15 is 0 Å². The van der Waals surface area contributed by atoms with E-state index in [1.165, 1.54) is 12.1 Å². The van der Waals surface area contributed by atoms with Gasteiger partial charge in [-0.15, -0.1) is 0 Å². The molecule has 6 nitrogen and oxygen atoms in total. The first-order chi connectivity index (χ1) is 9.58. The summed E-state index contributed by atoms with van der Waals surface area (Å²) in [4.78, 5) is 21.6. The monoisotopic (exact) mass is 341 g/mol. The molecule has 1 saturated carbocycles. The number of carbonyl (C=O) groups is 1. The number of nitrogens with zero attached hydrogens (tertiary/aromatic N) is 1. The second-order valence-electron chi connectivity index (χ2n) is 4.77. The first-order valence-electron chi connectivity index (χ1n) is 6.49. The molecule has 0 bridgehead atoms. The molecule has 0 radical (unpaired) electrons. The molecule has 1 aliphatic carbocycles. The molecule has 0 heterocycles. The van der Waals surface area contributed by atoms with Gasteiger partial charge in [0.15, 0.2) is 0 Å². The summed E-state index contributed by atoms with van der Waals surface area (Å²) in [5.41, 5.74) is 1.02. The maximum absolute atomic E-state index is 11.4. The van der Waals surface area contributed by atoms with Crippen LogP contribution in [0.2, 0.25) is 0 Å². The average Bonchev–Trinajstić information content (AvgIpc) is 3.23. The molecular formula is C13H16BrN3O3. The van der Waals surface area contributed by atoms with Crippen LogP contribution in [0.15, 0.2) is 22.7 Å². The van der Waals surface area contributed by atoms with Gasteiger partial charge in [0, 0.05) is 42.2 Å². The number of nitro benzene ring substituents is 1. The number of hydrogen-bond donors (Lipinski definition) is 2. The highest BCUT2D eigenvalue weighted by atomic mass is 79.9. The first-order valence-corrected chi connectivity index (χ1v) is 7.28. The van der Waals surface area contributed by atoms with Crippen LogP contribution in [0.5, 0.6) is 0 Å². The summed E-state index contributed by atoms with van der Waals surface area (Å²) < 4.78 is 0.709. The van der Waals surface area contributed by atoms with Crippen LogP contribution in [0.3, 0.4) is 0 Å². The SMILES string of the molecule is O=C(NCCNCc1ccc([N+](=O)[O-])cc1Br)C1CC1. The van der Waals surface area contributed by atoms with E-state index in [4.69, 9.17) is 0 Å². The molecule has 0 aromatic heterocycles. The van der Waals surface area contributed by atoms with Crippen LogP contribution in [0.1, 0.15) is 18.4 Å². The Morgan fingerprint density at radius 2 is 2.15 bits per heavy atom. The molecular weight excluding hydrogens is 326 g/mol. The van der Waals surface area contributed by atoms with Crippen molar-refractivity contribution in [2.24, 2.45) is 5.92 Å². The normalized spacial score (nSPS) is 14.1. The van der Waals surface area contributed by atoms with Crippen molar-refractivity contribution < 1.29 is 9.72 Å². The van der Waals surface area contributed by atoms with Crippen LogP contribution in [0.25, 0.3) is 0 Å². The standard InChI is InChI=1S/C13H16BrN3O3/c14-12-7-11(17(19)20)4-3-10(12)8-15-5-6-16-13(18)9-1-2-9/h3-4,7,9,15H,1-2,5-6,8H2,(H,16,18). The first kappa shape index (κ1) is 14.9. The average molecular weight is 342 g/mol. The van der Waals surface area contributed by atoms with Gasteiger partial charge in [0.05, 0.1) is 4.92 Å². The lowest BCUT2D eigenvalue weighted by Gasteiger charge is -2.08. The lowest BCUT2D eigenvalue weighted by molar-refractivity contribution is -0.384. The topological polar surface area (TPSA) is 84.3 Å². The summed E-state index contributed by atoms with van der Waals surface area (Å²) in [6.45, 7) is 1.86. The largest absolute Gasteiger partial charge is 0.355 e. The summed E-state index contributed by atoms with van der Waals surface area (Å²) in [6, 6.07) is 4.69. The van der Waals surface area contributed by atoms with Crippen LogP contribution >= 0.6 is 15.9 Å². The molecule has 0 atom stereocenters. The number of amides is 1. The van der Waals surface area contributed by atoms with Crippen molar-refractivity contribution in [1.82, 2.24) is 10.6 Å². The number of carbonyl (C=O) groups excluding carboxylic acids is 1. The molecule has 1 fully saturated rings. The van der Waals surface area contributed by atoms with Gasteiger partial charge in [-0.3, -0.25) is 14.9 Å². The van der Waals surface area contributed by atoms with Crippen LogP contribution in [-0.4, -0.2) is 23.9 Å². The van der Waals surface area contributed by atoms with Gasteiger partial charge in [-0.25, -0.2) is 0 Å². The minimum Gasteiger partial charge on any atom is -0.355 e. The molecule has 2 N–H and O–H groups in total. The van der Waals surface area contributed by atoms with Gasteiger partial charge in [-0.2, -0.15) is 0 Å². The lowest BCUT2D eigenvalue weighted by Crippen LogP contribution is -2.32. The molecule has 0 spiro atoms. The van der Waals surface area contributed by atoms with E-state index < -0.39 is 4.92 Å². The van der Waals surface area contributed by atoms with E-state index in [0.717, 1.165) is 18.4 Å². The van der Waals surface area contributed by atoms with Gasteiger partial charge in [0.1, 0.15) is 0 Å². The Balaban J connectivity index is 1.70. The highest BCUT2D eigenvalue weighted by molar-refractivity contribution is 9.10. The fraction of sp³-hybridized carbons (Fsp3) is 0.462. The minimum atomic E-state index is -0.421. The Morgan fingerprint density at radius 1 is 1.40 bits per heavy atom. The Labute approximate surface area is 125 Å². The lowest BCUT2D eigenvalue weighted by atomic mass is 10.2. The summed E-state index contributed by atoms with van der Waals surface area (Å²) in [6.07, 6.45) is 2.02. The van der Waals surface area contributed by atoms with Crippen LogP contribution in [-0.2, 0) is 11.3 Å². The zero-order chi connectivity index (χ0) is 14.5. The van der Waals surface area contributed by atoms with Gasteiger partial charge in [-0.1, -0.05) is 15.9 Å². The molecule has 1 aromatic carbocycles. The predicted molar refractivity (Wildman–Crippen MR) is 78.2 cm³/mol. The highest BCUT2D eigenvalue weighted by Gasteiger charge is 2.28. The van der Waals surface area contributed by atoms with E-state index in [9.17, 15) is 14.9 Å². The van der Waals surface area contributed by atoms with Crippen molar-refractivity contribution in [2.45, 2.75) is 19.4 Å². The summed E-state index contributed by atoms with van der Waals surface area (Å²) in [7, 11) is 0. The highest BCUT2D eigenvalue weighted by Crippen LogP contribution is 2.28. The molecule has 0 unspecified atom stereocenters. The van der Waals surface area contributed by atoms with Gasteiger partial charge in [0.25, 0.3) is 5.69 Å². The van der Waals surface area contributed by atoms with Crippen molar-refractivity contribution in [3.8, 4) is 0 Å². The van der Waals surface area contributed by atoms with Crippen molar-refractivity contribution in [1.29, 1.82) is 0 Å². The zero-order valence-corrected chi connectivity index (χ0v) is 12.5. The van der Waals surface area contributed by atoms with E-state index in [0.29, 0.717) is 24.1 Å². The van der Waals surface area contributed by atoms with Crippen molar-refractivity contribution in [2.75, 3.05) is 13.1 Å². The molecule has 20 heavy (non-hydrogen) atoms. The van der Waals surface area contributed by atoms with Gasteiger partial charge >= 0.3 is 0 Å². The second-order valence-corrected chi connectivity index (χ2v) is 5.63. The minimum absolute atomic E-state index is 0.0670. The molecule has 1 aromatic rings. The molecule has 108 valence electrons. The van der Waals surface area contributed by atoms with Crippen LogP contribution in [0.4, 0.5) is 5.69 Å². The number of benzene rings is 1. The molecule has 0 aliphatic heterocycles. The third-order valence-corrected chi connectivity index (χ3v) is 3.85. The number of halogens is 1. The fourth-order valence-corrected chi connectivity index (χ4v) is 2.29. The predicted octanol–water partition coefficient (Wildman–Crippen LogP) is 1.97. The van der Waals surface area contributed by atoms with E-state index in [1.54, 1.807) is 6.07 Å². The number of hydrogen-bond acceptors (Lipinski definition) is 4. The summed E-state index contributed by atoms with van der Waals surface area (Å²) in [5.74, 6) is 0.377. The van der Waals surface area contributed by atoms with Crippen LogP contribution in [0, 0.1) is 16.0 Å².